The van der Waals surface area contributed by atoms with Crippen molar-refractivity contribution >= 4 is 55.4 Å². The van der Waals surface area contributed by atoms with Crippen LogP contribution in [0.2, 0.25) is 5.02 Å². The number of piperidine rings is 1. The van der Waals surface area contributed by atoms with Crippen molar-refractivity contribution in [1.29, 1.82) is 0 Å². The largest absolute Gasteiger partial charge is 0.355 e. The molecule has 1 saturated heterocycles. The van der Waals surface area contributed by atoms with Crippen LogP contribution < -0.4 is 10.5 Å². The second kappa shape index (κ2) is 7.32. The third-order valence-corrected chi connectivity index (χ3v) is 7.12. The van der Waals surface area contributed by atoms with E-state index >= 15 is 0 Å². The normalized spacial score (nSPS) is 14.7. The molecule has 0 spiro atoms. The molecule has 0 amide bonds. The Hall–Kier alpha value is -2.96. The van der Waals surface area contributed by atoms with Gasteiger partial charge in [-0.15, -0.1) is 16.4 Å². The lowest BCUT2D eigenvalue weighted by molar-refractivity contribution is 0.571. The van der Waals surface area contributed by atoms with Crippen LogP contribution in [-0.2, 0) is 0 Å². The lowest BCUT2D eigenvalue weighted by Gasteiger charge is -2.28. The molecule has 1 aliphatic heterocycles. The molecule has 4 heterocycles. The van der Waals surface area contributed by atoms with E-state index in [1.807, 2.05) is 47.8 Å². The van der Waals surface area contributed by atoms with Gasteiger partial charge in [0.25, 0.3) is 5.56 Å². The van der Waals surface area contributed by atoms with Crippen molar-refractivity contribution in [2.24, 2.45) is 0 Å². The number of thiophene rings is 1. The van der Waals surface area contributed by atoms with Gasteiger partial charge in [-0.25, -0.2) is 4.98 Å². The van der Waals surface area contributed by atoms with Gasteiger partial charge in [-0.2, -0.15) is 4.52 Å². The van der Waals surface area contributed by atoms with E-state index in [0.717, 1.165) is 58.5 Å². The fourth-order valence-corrected chi connectivity index (χ4v) is 5.52. The highest BCUT2D eigenvalue weighted by Gasteiger charge is 2.21. The zero-order chi connectivity index (χ0) is 20.9. The molecule has 0 unspecified atom stereocenters. The number of aromatic nitrogens is 3. The van der Waals surface area contributed by atoms with Gasteiger partial charge in [0, 0.05) is 39.8 Å². The van der Waals surface area contributed by atoms with Gasteiger partial charge in [0.15, 0.2) is 11.5 Å². The summed E-state index contributed by atoms with van der Waals surface area (Å²) in [5.74, 6) is 0.870. The summed E-state index contributed by atoms with van der Waals surface area (Å²) in [6.45, 7) is 1.92. The Labute approximate surface area is 187 Å². The van der Waals surface area contributed by atoms with E-state index < -0.39 is 0 Å². The molecule has 6 rings (SSSR count). The zero-order valence-corrected chi connectivity index (χ0v) is 18.3. The number of fused-ring (bicyclic) bond motifs is 4. The van der Waals surface area contributed by atoms with Gasteiger partial charge in [-0.1, -0.05) is 48.0 Å². The fourth-order valence-electron chi connectivity index (χ4n) is 4.45. The summed E-state index contributed by atoms with van der Waals surface area (Å²) >= 11 is 7.54. The van der Waals surface area contributed by atoms with Crippen molar-refractivity contribution in [3.05, 3.63) is 69.3 Å². The second-order valence-electron chi connectivity index (χ2n) is 7.91. The van der Waals surface area contributed by atoms with Crippen LogP contribution in [0, 0.1) is 0 Å². The molecule has 2 aromatic carbocycles. The number of halogens is 1. The SMILES string of the molecule is O=c1c2c(-c3ccc(Cl)cc3)csc2nc2c3ccccc3c(N3CCCCC3)nn12. The Bertz CT molecular complexity index is 1500. The molecule has 0 atom stereocenters. The standard InChI is InChI=1S/C24H19ClN4OS/c25-16-10-8-15(9-11-16)19-14-31-23-20(19)24(30)29-21(26-23)17-6-2-3-7-18(17)22(27-29)28-12-4-1-5-13-28/h2-3,6-11,14H,1,4-5,12-13H2. The average molecular weight is 447 g/mol. The van der Waals surface area contributed by atoms with Crippen LogP contribution in [0.25, 0.3) is 37.8 Å². The second-order valence-corrected chi connectivity index (χ2v) is 9.20. The third-order valence-electron chi connectivity index (χ3n) is 6.00. The van der Waals surface area contributed by atoms with Gasteiger partial charge < -0.3 is 4.90 Å². The highest BCUT2D eigenvalue weighted by molar-refractivity contribution is 7.17. The topological polar surface area (TPSA) is 50.5 Å². The van der Waals surface area contributed by atoms with Crippen molar-refractivity contribution in [3.63, 3.8) is 0 Å². The number of nitrogens with zero attached hydrogens (tertiary/aromatic N) is 4. The molecule has 1 fully saturated rings. The maximum atomic E-state index is 13.7. The first-order valence-electron chi connectivity index (χ1n) is 10.4. The molecule has 0 saturated carbocycles. The number of hydrogen-bond acceptors (Lipinski definition) is 5. The highest BCUT2D eigenvalue weighted by Crippen LogP contribution is 2.34. The van der Waals surface area contributed by atoms with Gasteiger partial charge in [-0.3, -0.25) is 4.79 Å². The Morgan fingerprint density at radius 3 is 2.45 bits per heavy atom. The Balaban J connectivity index is 1.67. The summed E-state index contributed by atoms with van der Waals surface area (Å²) in [6.07, 6.45) is 3.53. The van der Waals surface area contributed by atoms with Crippen LogP contribution in [0.1, 0.15) is 19.3 Å². The molecule has 31 heavy (non-hydrogen) atoms. The van der Waals surface area contributed by atoms with Crippen LogP contribution in [0.5, 0.6) is 0 Å². The predicted molar refractivity (Wildman–Crippen MR) is 129 cm³/mol. The lowest BCUT2D eigenvalue weighted by atomic mass is 10.1. The first-order chi connectivity index (χ1) is 15.2. The first kappa shape index (κ1) is 18.8. The molecule has 5 aromatic rings. The summed E-state index contributed by atoms with van der Waals surface area (Å²) < 4.78 is 1.50. The Morgan fingerprint density at radius 2 is 1.68 bits per heavy atom. The summed E-state index contributed by atoms with van der Waals surface area (Å²) in [4.78, 5) is 21.6. The van der Waals surface area contributed by atoms with E-state index in [0.29, 0.717) is 16.1 Å². The number of hydrogen-bond donors (Lipinski definition) is 0. The smallest absolute Gasteiger partial charge is 0.283 e. The van der Waals surface area contributed by atoms with E-state index in [4.69, 9.17) is 21.7 Å². The minimum atomic E-state index is -0.129. The van der Waals surface area contributed by atoms with E-state index in [1.165, 1.54) is 22.3 Å². The fraction of sp³-hybridized carbons (Fsp3) is 0.208. The quantitative estimate of drug-likeness (QED) is 0.323. The van der Waals surface area contributed by atoms with Crippen LogP contribution in [0.3, 0.4) is 0 Å². The molecule has 0 aliphatic carbocycles. The summed E-state index contributed by atoms with van der Waals surface area (Å²) in [5.41, 5.74) is 2.30. The molecule has 154 valence electrons. The van der Waals surface area contributed by atoms with Crippen LogP contribution in [0.4, 0.5) is 5.82 Å². The van der Waals surface area contributed by atoms with Crippen molar-refractivity contribution in [2.45, 2.75) is 19.3 Å². The van der Waals surface area contributed by atoms with Crippen molar-refractivity contribution in [1.82, 2.24) is 14.6 Å². The molecule has 0 N–H and O–H groups in total. The van der Waals surface area contributed by atoms with Gasteiger partial charge in [0.1, 0.15) is 4.83 Å². The van der Waals surface area contributed by atoms with Gasteiger partial charge in [-0.05, 0) is 37.0 Å². The molecule has 7 heteroatoms. The van der Waals surface area contributed by atoms with E-state index in [-0.39, 0.29) is 5.56 Å². The molecule has 5 nitrogen and oxygen atoms in total. The summed E-state index contributed by atoms with van der Waals surface area (Å²) in [6, 6.07) is 15.7. The highest BCUT2D eigenvalue weighted by atomic mass is 35.5. The van der Waals surface area contributed by atoms with Gasteiger partial charge >= 0.3 is 0 Å². The average Bonchev–Trinajstić information content (AvgIpc) is 3.24. The third kappa shape index (κ3) is 3.01. The van der Waals surface area contributed by atoms with E-state index in [1.54, 1.807) is 0 Å². The minimum absolute atomic E-state index is 0.129. The first-order valence-corrected chi connectivity index (χ1v) is 11.7. The van der Waals surface area contributed by atoms with Gasteiger partial charge in [0.2, 0.25) is 0 Å². The van der Waals surface area contributed by atoms with Crippen molar-refractivity contribution < 1.29 is 0 Å². The molecular formula is C24H19ClN4OS. The molecule has 0 radical (unpaired) electrons. The summed E-state index contributed by atoms with van der Waals surface area (Å²) in [7, 11) is 0. The molecule has 3 aromatic heterocycles. The molecule has 1 aliphatic rings. The minimum Gasteiger partial charge on any atom is -0.355 e. The zero-order valence-electron chi connectivity index (χ0n) is 16.7. The van der Waals surface area contributed by atoms with Crippen molar-refractivity contribution in [3.8, 4) is 11.1 Å². The number of rotatable bonds is 2. The van der Waals surface area contributed by atoms with Gasteiger partial charge in [0.05, 0.1) is 5.39 Å². The number of benzene rings is 2. The Morgan fingerprint density at radius 1 is 0.935 bits per heavy atom. The lowest BCUT2D eigenvalue weighted by Crippen LogP contribution is -2.32. The van der Waals surface area contributed by atoms with E-state index in [2.05, 4.69) is 11.0 Å². The van der Waals surface area contributed by atoms with E-state index in [9.17, 15) is 4.79 Å². The van der Waals surface area contributed by atoms with Crippen LogP contribution in [-0.4, -0.2) is 27.7 Å². The maximum Gasteiger partial charge on any atom is 0.283 e. The molecular weight excluding hydrogens is 428 g/mol. The van der Waals surface area contributed by atoms with Crippen molar-refractivity contribution in [2.75, 3.05) is 18.0 Å². The maximum absolute atomic E-state index is 13.7. The molecule has 0 bridgehead atoms. The monoisotopic (exact) mass is 446 g/mol. The Kier molecular flexibility index (Phi) is 4.44. The number of anilines is 1. The van der Waals surface area contributed by atoms with Crippen LogP contribution >= 0.6 is 22.9 Å². The predicted octanol–water partition coefficient (Wildman–Crippen LogP) is 5.77. The van der Waals surface area contributed by atoms with Crippen LogP contribution in [0.15, 0.2) is 58.7 Å². The summed E-state index contributed by atoms with van der Waals surface area (Å²) in [5, 5.41) is 10.1.